The van der Waals surface area contributed by atoms with Crippen molar-refractivity contribution >= 4 is 18.0 Å². The van der Waals surface area contributed by atoms with Crippen LogP contribution >= 0.6 is 0 Å². The first-order chi connectivity index (χ1) is 12.7. The van der Waals surface area contributed by atoms with Crippen molar-refractivity contribution in [3.63, 3.8) is 0 Å². The number of carbonyl (C=O) groups excluding carboxylic acids is 2. The molecule has 2 amide bonds. The minimum atomic E-state index is -0.444. The molecule has 6 heteroatoms. The standard InChI is InChI=1S/C20H16N2O4/c1-3-11-26-17-10-9-14(12-18(17)25-4-2)13-21-22-19(23)15-7-5-6-8-16(15)20(22)24/h1,5-10,12-13H,4,11H2,2H3/b21-13-. The van der Waals surface area contributed by atoms with Crippen LogP contribution in [0.2, 0.25) is 0 Å². The minimum absolute atomic E-state index is 0.128. The van der Waals surface area contributed by atoms with Crippen LogP contribution in [-0.2, 0) is 0 Å². The third kappa shape index (κ3) is 3.28. The molecule has 1 aliphatic heterocycles. The van der Waals surface area contributed by atoms with E-state index in [9.17, 15) is 9.59 Å². The van der Waals surface area contributed by atoms with E-state index in [1.165, 1.54) is 6.21 Å². The molecular formula is C20H16N2O4. The molecule has 0 unspecified atom stereocenters. The van der Waals surface area contributed by atoms with E-state index < -0.39 is 11.8 Å². The summed E-state index contributed by atoms with van der Waals surface area (Å²) in [5.74, 6) is 2.53. The Hall–Kier alpha value is -3.59. The molecule has 6 nitrogen and oxygen atoms in total. The van der Waals surface area contributed by atoms with Crippen molar-refractivity contribution in [2.24, 2.45) is 5.10 Å². The van der Waals surface area contributed by atoms with Gasteiger partial charge in [0.15, 0.2) is 11.5 Å². The Balaban J connectivity index is 1.83. The monoisotopic (exact) mass is 348 g/mol. The van der Waals surface area contributed by atoms with E-state index in [4.69, 9.17) is 15.9 Å². The SMILES string of the molecule is C#CCOc1ccc(/C=N\N2C(=O)c3ccccc3C2=O)cc1OCC. The Labute approximate surface area is 151 Å². The number of ether oxygens (including phenoxy) is 2. The highest BCUT2D eigenvalue weighted by molar-refractivity contribution is 6.21. The summed E-state index contributed by atoms with van der Waals surface area (Å²) in [4.78, 5) is 24.6. The van der Waals surface area contributed by atoms with E-state index in [2.05, 4.69) is 11.0 Å². The van der Waals surface area contributed by atoms with Crippen LogP contribution in [-0.4, -0.2) is 36.3 Å². The van der Waals surface area contributed by atoms with Gasteiger partial charge in [0, 0.05) is 0 Å². The van der Waals surface area contributed by atoms with Crippen LogP contribution in [0.15, 0.2) is 47.6 Å². The van der Waals surface area contributed by atoms with Crippen molar-refractivity contribution < 1.29 is 19.1 Å². The lowest BCUT2D eigenvalue weighted by atomic mass is 10.1. The molecule has 26 heavy (non-hydrogen) atoms. The summed E-state index contributed by atoms with van der Waals surface area (Å²) in [7, 11) is 0. The van der Waals surface area contributed by atoms with Crippen molar-refractivity contribution in [3.8, 4) is 23.8 Å². The highest BCUT2D eigenvalue weighted by Gasteiger charge is 2.35. The molecular weight excluding hydrogens is 332 g/mol. The molecule has 0 saturated heterocycles. The molecule has 0 atom stereocenters. The smallest absolute Gasteiger partial charge is 0.282 e. The van der Waals surface area contributed by atoms with Crippen LogP contribution in [0, 0.1) is 12.3 Å². The molecule has 0 bridgehead atoms. The molecule has 130 valence electrons. The molecule has 0 spiro atoms. The first-order valence-electron chi connectivity index (χ1n) is 8.00. The molecule has 0 radical (unpaired) electrons. The number of benzene rings is 2. The Morgan fingerprint density at radius 2 is 1.77 bits per heavy atom. The normalized spacial score (nSPS) is 13.0. The van der Waals surface area contributed by atoms with Gasteiger partial charge in [-0.05, 0) is 42.8 Å². The van der Waals surface area contributed by atoms with Crippen molar-refractivity contribution in [3.05, 3.63) is 59.2 Å². The van der Waals surface area contributed by atoms with Crippen LogP contribution in [0.25, 0.3) is 0 Å². The molecule has 3 rings (SSSR count). The van der Waals surface area contributed by atoms with Gasteiger partial charge < -0.3 is 9.47 Å². The maximum atomic E-state index is 12.3. The maximum absolute atomic E-state index is 12.3. The molecule has 0 fully saturated rings. The van der Waals surface area contributed by atoms with Gasteiger partial charge in [-0.1, -0.05) is 18.1 Å². The molecule has 0 N–H and O–H groups in total. The Morgan fingerprint density at radius 3 is 2.38 bits per heavy atom. The van der Waals surface area contributed by atoms with E-state index >= 15 is 0 Å². The van der Waals surface area contributed by atoms with Gasteiger partial charge in [0.1, 0.15) is 6.61 Å². The van der Waals surface area contributed by atoms with Crippen LogP contribution < -0.4 is 9.47 Å². The number of fused-ring (bicyclic) bond motifs is 1. The van der Waals surface area contributed by atoms with Gasteiger partial charge in [-0.25, -0.2) is 0 Å². The van der Waals surface area contributed by atoms with E-state index in [-0.39, 0.29) is 6.61 Å². The van der Waals surface area contributed by atoms with E-state index in [0.717, 1.165) is 5.01 Å². The second kappa shape index (κ2) is 7.53. The Morgan fingerprint density at radius 1 is 1.08 bits per heavy atom. The predicted molar refractivity (Wildman–Crippen MR) is 96.5 cm³/mol. The summed E-state index contributed by atoms with van der Waals surface area (Å²) in [6.45, 7) is 2.43. The first-order valence-corrected chi connectivity index (χ1v) is 8.00. The second-order valence-electron chi connectivity index (χ2n) is 5.34. The molecule has 2 aromatic carbocycles. The van der Waals surface area contributed by atoms with Crippen molar-refractivity contribution in [1.29, 1.82) is 0 Å². The van der Waals surface area contributed by atoms with Crippen molar-refractivity contribution in [2.75, 3.05) is 13.2 Å². The number of hydrogen-bond acceptors (Lipinski definition) is 5. The summed E-state index contributed by atoms with van der Waals surface area (Å²) in [5, 5.41) is 4.90. The number of rotatable bonds is 6. The van der Waals surface area contributed by atoms with Crippen LogP contribution in [0.5, 0.6) is 11.5 Å². The van der Waals surface area contributed by atoms with Gasteiger partial charge in [0.05, 0.1) is 23.9 Å². The largest absolute Gasteiger partial charge is 0.490 e. The summed E-state index contributed by atoms with van der Waals surface area (Å²) in [5.41, 5.74) is 1.35. The molecule has 0 saturated carbocycles. The molecule has 2 aromatic rings. The number of nitrogens with zero attached hydrogens (tertiary/aromatic N) is 2. The number of carbonyl (C=O) groups is 2. The third-order valence-electron chi connectivity index (χ3n) is 3.67. The molecule has 1 heterocycles. The molecule has 1 aliphatic rings. The lowest BCUT2D eigenvalue weighted by Crippen LogP contribution is -2.24. The number of hydrogen-bond donors (Lipinski definition) is 0. The maximum Gasteiger partial charge on any atom is 0.282 e. The highest BCUT2D eigenvalue weighted by atomic mass is 16.5. The lowest BCUT2D eigenvalue weighted by molar-refractivity contribution is 0.0660. The Kier molecular flexibility index (Phi) is 4.99. The van der Waals surface area contributed by atoms with Gasteiger partial charge >= 0.3 is 0 Å². The average Bonchev–Trinajstić information content (AvgIpc) is 2.90. The number of terminal acetylenes is 1. The fourth-order valence-electron chi connectivity index (χ4n) is 2.52. The second-order valence-corrected chi connectivity index (χ2v) is 5.34. The van der Waals surface area contributed by atoms with Gasteiger partial charge in [0.25, 0.3) is 11.8 Å². The summed E-state index contributed by atoms with van der Waals surface area (Å²) < 4.78 is 11.0. The predicted octanol–water partition coefficient (Wildman–Crippen LogP) is 2.73. The van der Waals surface area contributed by atoms with Crippen molar-refractivity contribution in [2.45, 2.75) is 6.92 Å². The van der Waals surface area contributed by atoms with Crippen LogP contribution in [0.4, 0.5) is 0 Å². The number of amides is 2. The van der Waals surface area contributed by atoms with E-state index in [0.29, 0.717) is 34.8 Å². The zero-order valence-corrected chi connectivity index (χ0v) is 14.1. The fourth-order valence-corrected chi connectivity index (χ4v) is 2.52. The zero-order valence-electron chi connectivity index (χ0n) is 14.1. The van der Waals surface area contributed by atoms with E-state index in [1.54, 1.807) is 42.5 Å². The van der Waals surface area contributed by atoms with Gasteiger partial charge in [0.2, 0.25) is 0 Å². The van der Waals surface area contributed by atoms with Crippen molar-refractivity contribution in [1.82, 2.24) is 5.01 Å². The topological polar surface area (TPSA) is 68.2 Å². The zero-order chi connectivity index (χ0) is 18.5. The fraction of sp³-hybridized carbons (Fsp3) is 0.150. The minimum Gasteiger partial charge on any atom is -0.490 e. The quantitative estimate of drug-likeness (QED) is 0.457. The number of imide groups is 1. The molecule has 0 aromatic heterocycles. The summed E-state index contributed by atoms with van der Waals surface area (Å²) in [6, 6.07) is 11.8. The number of hydrazone groups is 1. The van der Waals surface area contributed by atoms with Gasteiger partial charge in [-0.15, -0.1) is 6.42 Å². The van der Waals surface area contributed by atoms with E-state index in [1.807, 2.05) is 6.92 Å². The van der Waals surface area contributed by atoms with Crippen LogP contribution in [0.1, 0.15) is 33.2 Å². The van der Waals surface area contributed by atoms with Crippen LogP contribution in [0.3, 0.4) is 0 Å². The lowest BCUT2D eigenvalue weighted by Gasteiger charge is -2.11. The average molecular weight is 348 g/mol. The molecule has 0 aliphatic carbocycles. The summed E-state index contributed by atoms with van der Waals surface area (Å²) >= 11 is 0. The van der Waals surface area contributed by atoms with Gasteiger partial charge in [-0.3, -0.25) is 9.59 Å². The Bertz CT molecular complexity index is 893. The third-order valence-corrected chi connectivity index (χ3v) is 3.67. The first kappa shape index (κ1) is 17.2. The highest BCUT2D eigenvalue weighted by Crippen LogP contribution is 2.28. The summed E-state index contributed by atoms with van der Waals surface area (Å²) in [6.07, 6.45) is 6.63. The van der Waals surface area contributed by atoms with Gasteiger partial charge in [-0.2, -0.15) is 10.1 Å².